The van der Waals surface area contributed by atoms with E-state index in [9.17, 15) is 19.1 Å². The van der Waals surface area contributed by atoms with E-state index in [1.807, 2.05) is 24.3 Å². The summed E-state index contributed by atoms with van der Waals surface area (Å²) in [7, 11) is 0. The number of halogens is 2. The van der Waals surface area contributed by atoms with Crippen molar-refractivity contribution in [1.29, 1.82) is 0 Å². The Morgan fingerprint density at radius 1 is 1.08 bits per heavy atom. The fraction of sp³-hybridized carbons (Fsp3) is 0.100. The molecule has 0 spiro atoms. The van der Waals surface area contributed by atoms with Gasteiger partial charge in [-0.15, -0.1) is 11.3 Å². The minimum Gasteiger partial charge on any atom is -0.478 e. The van der Waals surface area contributed by atoms with Crippen molar-refractivity contribution in [2.75, 3.05) is 0 Å². The highest BCUT2D eigenvalue weighted by Crippen LogP contribution is 2.33. The Morgan fingerprint density at radius 3 is 2.46 bits per heavy atom. The lowest BCUT2D eigenvalue weighted by molar-refractivity contribution is -0.117. The number of Topliss-reactive ketones (excluding diaryl/α,β-unsaturated/α-hetero) is 1. The lowest BCUT2D eigenvalue weighted by atomic mass is 10.00. The molecule has 0 aliphatic rings. The summed E-state index contributed by atoms with van der Waals surface area (Å²) in [5, 5.41) is 11.4. The number of rotatable bonds is 6. The first-order chi connectivity index (χ1) is 12.4. The van der Waals surface area contributed by atoms with Crippen LogP contribution in [0.4, 0.5) is 4.39 Å². The van der Waals surface area contributed by atoms with E-state index in [0.717, 1.165) is 10.0 Å². The molecule has 0 aliphatic carbocycles. The van der Waals surface area contributed by atoms with E-state index in [-0.39, 0.29) is 24.2 Å². The summed E-state index contributed by atoms with van der Waals surface area (Å²) >= 11 is 4.61. The molecule has 3 nitrogen and oxygen atoms in total. The number of benzene rings is 2. The molecule has 0 bridgehead atoms. The van der Waals surface area contributed by atoms with Gasteiger partial charge in [-0.1, -0.05) is 40.2 Å². The first-order valence-corrected chi connectivity index (χ1v) is 9.47. The zero-order chi connectivity index (χ0) is 18.7. The largest absolute Gasteiger partial charge is 0.478 e. The number of carbonyl (C=O) groups excluding carboxylic acids is 1. The van der Waals surface area contributed by atoms with Gasteiger partial charge in [0.1, 0.15) is 11.6 Å². The van der Waals surface area contributed by atoms with Gasteiger partial charge < -0.3 is 5.11 Å². The Balaban J connectivity index is 1.85. The molecule has 26 heavy (non-hydrogen) atoms. The molecule has 0 radical (unpaired) electrons. The molecule has 0 unspecified atom stereocenters. The van der Waals surface area contributed by atoms with Gasteiger partial charge >= 0.3 is 5.97 Å². The Hall–Kier alpha value is -2.31. The number of hydrogen-bond acceptors (Lipinski definition) is 3. The molecule has 0 saturated heterocycles. The van der Waals surface area contributed by atoms with Crippen molar-refractivity contribution in [3.8, 4) is 11.1 Å². The maximum atomic E-state index is 13.2. The minimum atomic E-state index is -1.06. The Kier molecular flexibility index (Phi) is 5.64. The van der Waals surface area contributed by atoms with Gasteiger partial charge in [-0.3, -0.25) is 4.79 Å². The maximum Gasteiger partial charge on any atom is 0.337 e. The van der Waals surface area contributed by atoms with E-state index < -0.39 is 11.8 Å². The third-order valence-electron chi connectivity index (χ3n) is 3.88. The second-order valence-electron chi connectivity index (χ2n) is 5.78. The van der Waals surface area contributed by atoms with Crippen molar-refractivity contribution in [3.63, 3.8) is 0 Å². The van der Waals surface area contributed by atoms with E-state index in [4.69, 9.17) is 0 Å². The molecule has 0 aliphatic heterocycles. The average Bonchev–Trinajstić information content (AvgIpc) is 2.99. The molecule has 0 fully saturated rings. The van der Waals surface area contributed by atoms with Crippen molar-refractivity contribution in [2.45, 2.75) is 12.8 Å². The highest BCUT2D eigenvalue weighted by molar-refractivity contribution is 9.10. The van der Waals surface area contributed by atoms with Crippen LogP contribution < -0.4 is 0 Å². The standard InChI is InChI=1S/C20H14BrFO3S/c21-14-6-4-13(5-7-14)17-11-26-18(19(17)20(24)25)10-16(23)9-12-2-1-3-15(22)8-12/h1-8,11H,9-10H2,(H,24,25). The van der Waals surface area contributed by atoms with E-state index in [1.54, 1.807) is 17.5 Å². The Labute approximate surface area is 162 Å². The van der Waals surface area contributed by atoms with Crippen LogP contribution in [0.2, 0.25) is 0 Å². The second kappa shape index (κ2) is 7.93. The molecule has 1 aromatic heterocycles. The molecule has 1 N–H and O–H groups in total. The van der Waals surface area contributed by atoms with E-state index >= 15 is 0 Å². The highest BCUT2D eigenvalue weighted by Gasteiger charge is 2.21. The smallest absolute Gasteiger partial charge is 0.337 e. The van der Waals surface area contributed by atoms with Crippen molar-refractivity contribution in [1.82, 2.24) is 0 Å². The van der Waals surface area contributed by atoms with Crippen molar-refractivity contribution in [3.05, 3.63) is 80.2 Å². The quantitative estimate of drug-likeness (QED) is 0.569. The lowest BCUT2D eigenvalue weighted by Gasteiger charge is -2.05. The zero-order valence-electron chi connectivity index (χ0n) is 13.5. The molecule has 1 heterocycles. The SMILES string of the molecule is O=C(Cc1cccc(F)c1)Cc1scc(-c2ccc(Br)cc2)c1C(=O)O. The van der Waals surface area contributed by atoms with Gasteiger partial charge in [0.15, 0.2) is 0 Å². The van der Waals surface area contributed by atoms with Crippen LogP contribution in [0.3, 0.4) is 0 Å². The fourth-order valence-electron chi connectivity index (χ4n) is 2.72. The van der Waals surface area contributed by atoms with Gasteiger partial charge in [0.2, 0.25) is 0 Å². The number of carbonyl (C=O) groups is 2. The highest BCUT2D eigenvalue weighted by atomic mass is 79.9. The second-order valence-corrected chi connectivity index (χ2v) is 7.66. The molecule has 0 saturated carbocycles. The van der Waals surface area contributed by atoms with Crippen molar-refractivity contribution >= 4 is 39.0 Å². The van der Waals surface area contributed by atoms with Crippen molar-refractivity contribution in [2.24, 2.45) is 0 Å². The minimum absolute atomic E-state index is 0.0132. The van der Waals surface area contributed by atoms with Crippen LogP contribution in [0.5, 0.6) is 0 Å². The van der Waals surface area contributed by atoms with Gasteiger partial charge in [0.05, 0.1) is 5.56 Å². The summed E-state index contributed by atoms with van der Waals surface area (Å²) in [6, 6.07) is 13.2. The van der Waals surface area contributed by atoms with Gasteiger partial charge in [-0.2, -0.15) is 0 Å². The molecule has 3 aromatic rings. The third-order valence-corrected chi connectivity index (χ3v) is 5.40. The van der Waals surface area contributed by atoms with Crippen LogP contribution in [0.25, 0.3) is 11.1 Å². The molecule has 132 valence electrons. The zero-order valence-corrected chi connectivity index (χ0v) is 15.9. The number of carboxylic acids is 1. The monoisotopic (exact) mass is 432 g/mol. The van der Waals surface area contributed by atoms with Crippen LogP contribution in [-0.2, 0) is 17.6 Å². The van der Waals surface area contributed by atoms with Crippen molar-refractivity contribution < 1.29 is 19.1 Å². The molecule has 6 heteroatoms. The van der Waals surface area contributed by atoms with Gasteiger partial charge in [-0.05, 0) is 40.8 Å². The van der Waals surface area contributed by atoms with Crippen LogP contribution in [-0.4, -0.2) is 16.9 Å². The van der Waals surface area contributed by atoms with Crippen LogP contribution >= 0.6 is 27.3 Å². The van der Waals surface area contributed by atoms with Crippen LogP contribution in [0.15, 0.2) is 58.4 Å². The van der Waals surface area contributed by atoms with E-state index in [1.165, 1.54) is 23.5 Å². The predicted octanol–water partition coefficient (Wildman–Crippen LogP) is 5.37. The Morgan fingerprint density at radius 2 is 1.81 bits per heavy atom. The number of carboxylic acid groups (broad SMARTS) is 1. The molecular weight excluding hydrogens is 419 g/mol. The number of hydrogen-bond donors (Lipinski definition) is 1. The normalized spacial score (nSPS) is 10.7. The molecule has 0 amide bonds. The molecular formula is C20H14BrFO3S. The number of thiophene rings is 1. The summed E-state index contributed by atoms with van der Waals surface area (Å²) in [5.41, 5.74) is 2.12. The lowest BCUT2D eigenvalue weighted by Crippen LogP contribution is -2.09. The summed E-state index contributed by atoms with van der Waals surface area (Å²) in [6.07, 6.45) is 0.0850. The van der Waals surface area contributed by atoms with Crippen LogP contribution in [0.1, 0.15) is 20.8 Å². The number of aromatic carboxylic acids is 1. The fourth-order valence-corrected chi connectivity index (χ4v) is 4.06. The molecule has 0 atom stereocenters. The van der Waals surface area contributed by atoms with E-state index in [0.29, 0.717) is 16.0 Å². The first kappa shape index (κ1) is 18.5. The van der Waals surface area contributed by atoms with Gasteiger partial charge in [0.25, 0.3) is 0 Å². The topological polar surface area (TPSA) is 54.4 Å². The first-order valence-electron chi connectivity index (χ1n) is 7.80. The van der Waals surface area contributed by atoms with E-state index in [2.05, 4.69) is 15.9 Å². The summed E-state index contributed by atoms with van der Waals surface area (Å²) in [4.78, 5) is 24.6. The van der Waals surface area contributed by atoms with Gasteiger partial charge in [0, 0.05) is 27.8 Å². The molecule has 3 rings (SSSR count). The predicted molar refractivity (Wildman–Crippen MR) is 103 cm³/mol. The van der Waals surface area contributed by atoms with Gasteiger partial charge in [-0.25, -0.2) is 9.18 Å². The summed E-state index contributed by atoms with van der Waals surface area (Å²) < 4.78 is 14.1. The maximum absolute atomic E-state index is 13.2. The third kappa shape index (κ3) is 4.26. The Bertz CT molecular complexity index is 963. The summed E-state index contributed by atoms with van der Waals surface area (Å²) in [5.74, 6) is -1.60. The summed E-state index contributed by atoms with van der Waals surface area (Å²) in [6.45, 7) is 0. The molecule has 2 aromatic carbocycles. The number of ketones is 1. The average molecular weight is 433 g/mol. The van der Waals surface area contributed by atoms with Crippen LogP contribution in [0, 0.1) is 5.82 Å².